The van der Waals surface area contributed by atoms with Crippen LogP contribution in [0.25, 0.3) is 0 Å². The molecular formula is C13H18N2. The topological polar surface area (TPSA) is 17.8 Å². The van der Waals surface area contributed by atoms with Gasteiger partial charge in [-0.25, -0.2) is 4.98 Å². The zero-order chi connectivity index (χ0) is 11.1. The number of rotatable bonds is 2. The highest BCUT2D eigenvalue weighted by Crippen LogP contribution is 2.05. The summed E-state index contributed by atoms with van der Waals surface area (Å²) < 4.78 is 2.05. The van der Waals surface area contributed by atoms with E-state index < -0.39 is 0 Å². The molecular weight excluding hydrogens is 184 g/mol. The van der Waals surface area contributed by atoms with Crippen LogP contribution in [0.4, 0.5) is 0 Å². The van der Waals surface area contributed by atoms with Crippen LogP contribution in [0.1, 0.15) is 25.2 Å². The van der Waals surface area contributed by atoms with Crippen LogP contribution < -0.4 is 0 Å². The fraction of sp³-hybridized carbons (Fsp3) is 0.308. The highest BCUT2D eigenvalue weighted by molar-refractivity contribution is 5.18. The Bertz CT molecular complexity index is 376. The lowest BCUT2D eigenvalue weighted by atomic mass is 10.1. The minimum absolute atomic E-state index is 0.907. The summed E-state index contributed by atoms with van der Waals surface area (Å²) in [4.78, 5) is 4.27. The van der Waals surface area contributed by atoms with E-state index in [0.717, 1.165) is 12.2 Å². The number of nitrogens with zero attached hydrogens (tertiary/aromatic N) is 2. The van der Waals surface area contributed by atoms with Gasteiger partial charge in [0.2, 0.25) is 0 Å². The van der Waals surface area contributed by atoms with Gasteiger partial charge in [-0.2, -0.15) is 0 Å². The zero-order valence-corrected chi connectivity index (χ0v) is 9.64. The van der Waals surface area contributed by atoms with Crippen molar-refractivity contribution in [1.29, 1.82) is 0 Å². The quantitative estimate of drug-likeness (QED) is 0.732. The van der Waals surface area contributed by atoms with Gasteiger partial charge in [0.1, 0.15) is 5.82 Å². The first-order valence-electron chi connectivity index (χ1n) is 5.36. The fourth-order valence-electron chi connectivity index (χ4n) is 1.35. The molecule has 1 aromatic carbocycles. The molecule has 0 amide bonds. The van der Waals surface area contributed by atoms with Gasteiger partial charge in [-0.1, -0.05) is 44.2 Å². The molecule has 0 saturated heterocycles. The second kappa shape index (κ2) is 6.02. The van der Waals surface area contributed by atoms with Gasteiger partial charge in [-0.15, -0.1) is 0 Å². The molecule has 0 saturated carbocycles. The van der Waals surface area contributed by atoms with Crippen molar-refractivity contribution in [3.8, 4) is 0 Å². The SMILES string of the molecule is CC.Cn1ccnc1Cc1ccccc1. The molecule has 2 aromatic rings. The van der Waals surface area contributed by atoms with Crippen molar-refractivity contribution in [2.24, 2.45) is 7.05 Å². The lowest BCUT2D eigenvalue weighted by Gasteiger charge is -2.00. The molecule has 2 rings (SSSR count). The normalized spacial score (nSPS) is 9.27. The third-order valence-electron chi connectivity index (χ3n) is 2.13. The van der Waals surface area contributed by atoms with E-state index in [-0.39, 0.29) is 0 Å². The number of aryl methyl sites for hydroxylation is 1. The summed E-state index contributed by atoms with van der Waals surface area (Å²) in [6, 6.07) is 10.4. The third-order valence-corrected chi connectivity index (χ3v) is 2.13. The Morgan fingerprint density at radius 2 is 1.80 bits per heavy atom. The van der Waals surface area contributed by atoms with Crippen LogP contribution in [0.5, 0.6) is 0 Å². The van der Waals surface area contributed by atoms with E-state index in [1.807, 2.05) is 43.9 Å². The highest BCUT2D eigenvalue weighted by Gasteiger charge is 1.99. The Morgan fingerprint density at radius 1 is 1.13 bits per heavy atom. The summed E-state index contributed by atoms with van der Waals surface area (Å²) in [6.07, 6.45) is 4.71. The molecule has 80 valence electrons. The van der Waals surface area contributed by atoms with Crippen LogP contribution >= 0.6 is 0 Å². The predicted molar refractivity (Wildman–Crippen MR) is 63.8 cm³/mol. The molecule has 0 N–H and O–H groups in total. The van der Waals surface area contributed by atoms with Gasteiger partial charge in [0.15, 0.2) is 0 Å². The van der Waals surface area contributed by atoms with Crippen LogP contribution in [0, 0.1) is 0 Å². The molecule has 0 aliphatic rings. The Kier molecular flexibility index (Phi) is 4.61. The van der Waals surface area contributed by atoms with Crippen molar-refractivity contribution >= 4 is 0 Å². The van der Waals surface area contributed by atoms with Gasteiger partial charge in [0.25, 0.3) is 0 Å². The van der Waals surface area contributed by atoms with Crippen LogP contribution in [-0.2, 0) is 13.5 Å². The van der Waals surface area contributed by atoms with E-state index in [9.17, 15) is 0 Å². The molecule has 0 spiro atoms. The highest BCUT2D eigenvalue weighted by atomic mass is 15.0. The van der Waals surface area contributed by atoms with E-state index in [1.54, 1.807) is 0 Å². The van der Waals surface area contributed by atoms with Crippen molar-refractivity contribution in [3.05, 3.63) is 54.1 Å². The van der Waals surface area contributed by atoms with Gasteiger partial charge in [0.05, 0.1) is 0 Å². The van der Waals surface area contributed by atoms with Crippen molar-refractivity contribution in [3.63, 3.8) is 0 Å². The van der Waals surface area contributed by atoms with Crippen LogP contribution in [0.2, 0.25) is 0 Å². The summed E-state index contributed by atoms with van der Waals surface area (Å²) >= 11 is 0. The standard InChI is InChI=1S/C11H12N2.C2H6/c1-13-8-7-12-11(13)9-10-5-3-2-4-6-10;1-2/h2-8H,9H2,1H3;1-2H3. The molecule has 0 bridgehead atoms. The number of imidazole rings is 1. The third kappa shape index (κ3) is 3.24. The van der Waals surface area contributed by atoms with Gasteiger partial charge in [0, 0.05) is 25.9 Å². The van der Waals surface area contributed by atoms with Gasteiger partial charge in [-0.3, -0.25) is 0 Å². The van der Waals surface area contributed by atoms with Gasteiger partial charge >= 0.3 is 0 Å². The van der Waals surface area contributed by atoms with Crippen molar-refractivity contribution in [1.82, 2.24) is 9.55 Å². The van der Waals surface area contributed by atoms with Gasteiger partial charge < -0.3 is 4.57 Å². The Hall–Kier alpha value is -1.57. The number of benzene rings is 1. The molecule has 0 unspecified atom stereocenters. The van der Waals surface area contributed by atoms with Crippen molar-refractivity contribution in [2.75, 3.05) is 0 Å². The average Bonchev–Trinajstić information content (AvgIpc) is 2.69. The molecule has 0 aliphatic heterocycles. The lowest BCUT2D eigenvalue weighted by Crippen LogP contribution is -1.97. The maximum atomic E-state index is 4.27. The number of hydrogen-bond acceptors (Lipinski definition) is 1. The van der Waals surface area contributed by atoms with Crippen LogP contribution in [-0.4, -0.2) is 9.55 Å². The molecule has 0 fully saturated rings. The number of hydrogen-bond donors (Lipinski definition) is 0. The van der Waals surface area contributed by atoms with Crippen LogP contribution in [0.3, 0.4) is 0 Å². The van der Waals surface area contributed by atoms with Crippen molar-refractivity contribution < 1.29 is 0 Å². The van der Waals surface area contributed by atoms with E-state index in [4.69, 9.17) is 0 Å². The molecule has 0 radical (unpaired) electrons. The van der Waals surface area contributed by atoms with Crippen molar-refractivity contribution in [2.45, 2.75) is 20.3 Å². The summed E-state index contributed by atoms with van der Waals surface area (Å²) in [6.45, 7) is 4.00. The molecule has 0 aliphatic carbocycles. The van der Waals surface area contributed by atoms with E-state index >= 15 is 0 Å². The first-order valence-corrected chi connectivity index (χ1v) is 5.36. The predicted octanol–water partition coefficient (Wildman–Crippen LogP) is 3.04. The summed E-state index contributed by atoms with van der Waals surface area (Å²) in [5, 5.41) is 0. The van der Waals surface area contributed by atoms with E-state index in [0.29, 0.717) is 0 Å². The van der Waals surface area contributed by atoms with E-state index in [1.165, 1.54) is 5.56 Å². The molecule has 1 heterocycles. The second-order valence-corrected chi connectivity index (χ2v) is 3.12. The first kappa shape index (κ1) is 11.5. The number of aromatic nitrogens is 2. The minimum atomic E-state index is 0.907. The second-order valence-electron chi connectivity index (χ2n) is 3.12. The van der Waals surface area contributed by atoms with E-state index in [2.05, 4.69) is 29.2 Å². The maximum Gasteiger partial charge on any atom is 0.112 e. The smallest absolute Gasteiger partial charge is 0.112 e. The van der Waals surface area contributed by atoms with Crippen LogP contribution in [0.15, 0.2) is 42.7 Å². The minimum Gasteiger partial charge on any atom is -0.338 e. The molecule has 2 heteroatoms. The maximum absolute atomic E-state index is 4.27. The van der Waals surface area contributed by atoms with Gasteiger partial charge in [-0.05, 0) is 5.56 Å². The molecule has 1 aromatic heterocycles. The lowest BCUT2D eigenvalue weighted by molar-refractivity contribution is 0.822. The fourth-order valence-corrected chi connectivity index (χ4v) is 1.35. The Balaban J connectivity index is 0.000000531. The summed E-state index contributed by atoms with van der Waals surface area (Å²) in [5.41, 5.74) is 1.30. The average molecular weight is 202 g/mol. The summed E-state index contributed by atoms with van der Waals surface area (Å²) in [5.74, 6) is 1.10. The molecule has 15 heavy (non-hydrogen) atoms. The Morgan fingerprint density at radius 3 is 2.33 bits per heavy atom. The Labute approximate surface area is 91.6 Å². The molecule has 0 atom stereocenters. The zero-order valence-electron chi connectivity index (χ0n) is 9.64. The summed E-state index contributed by atoms with van der Waals surface area (Å²) in [7, 11) is 2.02. The largest absolute Gasteiger partial charge is 0.338 e. The first-order chi connectivity index (χ1) is 7.36. The molecule has 2 nitrogen and oxygen atoms in total. The monoisotopic (exact) mass is 202 g/mol.